The summed E-state index contributed by atoms with van der Waals surface area (Å²) in [6, 6.07) is 9.86. The predicted octanol–water partition coefficient (Wildman–Crippen LogP) is 3.76. The second kappa shape index (κ2) is 5.81. The lowest BCUT2D eigenvalue weighted by Gasteiger charge is -2.11. The molecule has 1 aliphatic rings. The Labute approximate surface area is 139 Å². The van der Waals surface area contributed by atoms with Gasteiger partial charge in [0.1, 0.15) is 10.7 Å². The van der Waals surface area contributed by atoms with Gasteiger partial charge in [0.2, 0.25) is 0 Å². The Morgan fingerprint density at radius 2 is 2.13 bits per heavy atom. The number of halogens is 1. The summed E-state index contributed by atoms with van der Waals surface area (Å²) in [5, 5.41) is 16.2. The van der Waals surface area contributed by atoms with Gasteiger partial charge in [-0.1, -0.05) is 22.0 Å². The van der Waals surface area contributed by atoms with Crippen LogP contribution in [0, 0.1) is 10.1 Å². The number of hydrazone groups is 1. The van der Waals surface area contributed by atoms with Crippen LogP contribution in [0.25, 0.3) is 6.08 Å². The van der Waals surface area contributed by atoms with E-state index in [2.05, 4.69) is 21.0 Å². The maximum Gasteiger partial charge on any atom is 0.433 e. The summed E-state index contributed by atoms with van der Waals surface area (Å²) in [5.74, 6) is -0.467. The maximum atomic E-state index is 12.5. The van der Waals surface area contributed by atoms with Crippen molar-refractivity contribution >= 4 is 45.2 Å². The SMILES string of the molecule is CC1=NN(c2cccc(Br)c2)C(=O)C1=Cc1ccc([N+](=O)[O-])o1. The second-order valence-corrected chi connectivity index (χ2v) is 5.69. The van der Waals surface area contributed by atoms with Gasteiger partial charge in [0.05, 0.1) is 23.0 Å². The average Bonchev–Trinajstić information content (AvgIpc) is 3.08. The van der Waals surface area contributed by atoms with Gasteiger partial charge in [-0.3, -0.25) is 14.9 Å². The first-order valence-corrected chi connectivity index (χ1v) is 7.36. The Morgan fingerprint density at radius 3 is 2.78 bits per heavy atom. The molecule has 0 saturated carbocycles. The molecular formula is C15H10BrN3O4. The molecule has 3 rings (SSSR count). The van der Waals surface area contributed by atoms with Gasteiger partial charge in [-0.25, -0.2) is 0 Å². The molecule has 2 aromatic rings. The number of nitro groups is 1. The van der Waals surface area contributed by atoms with Crippen LogP contribution in [-0.4, -0.2) is 16.5 Å². The van der Waals surface area contributed by atoms with Crippen LogP contribution >= 0.6 is 15.9 Å². The molecule has 0 radical (unpaired) electrons. The van der Waals surface area contributed by atoms with E-state index in [1.807, 2.05) is 6.07 Å². The molecule has 2 heterocycles. The molecule has 1 aromatic carbocycles. The largest absolute Gasteiger partial charge is 0.433 e. The fraction of sp³-hybridized carbons (Fsp3) is 0.0667. The summed E-state index contributed by atoms with van der Waals surface area (Å²) in [6.07, 6.45) is 1.45. The van der Waals surface area contributed by atoms with Gasteiger partial charge in [0.25, 0.3) is 5.91 Å². The van der Waals surface area contributed by atoms with Crippen LogP contribution in [-0.2, 0) is 4.79 Å². The summed E-state index contributed by atoms with van der Waals surface area (Å²) in [7, 11) is 0. The van der Waals surface area contributed by atoms with Gasteiger partial charge in [-0.2, -0.15) is 10.1 Å². The fourth-order valence-electron chi connectivity index (χ4n) is 2.13. The number of anilines is 1. The normalized spacial score (nSPS) is 16.1. The number of benzene rings is 1. The van der Waals surface area contributed by atoms with Crippen molar-refractivity contribution in [2.75, 3.05) is 5.01 Å². The lowest BCUT2D eigenvalue weighted by molar-refractivity contribution is -0.402. The van der Waals surface area contributed by atoms with Crippen molar-refractivity contribution in [1.82, 2.24) is 0 Å². The van der Waals surface area contributed by atoms with E-state index in [0.29, 0.717) is 17.0 Å². The first-order chi connectivity index (χ1) is 11.0. The number of hydrogen-bond donors (Lipinski definition) is 0. The van der Waals surface area contributed by atoms with E-state index in [1.165, 1.54) is 23.2 Å². The van der Waals surface area contributed by atoms with Crippen LogP contribution < -0.4 is 5.01 Å². The molecule has 0 unspecified atom stereocenters. The molecule has 23 heavy (non-hydrogen) atoms. The Hall–Kier alpha value is -2.74. The maximum absolute atomic E-state index is 12.5. The summed E-state index contributed by atoms with van der Waals surface area (Å²) >= 11 is 3.35. The van der Waals surface area contributed by atoms with Crippen LogP contribution in [0.15, 0.2) is 56.0 Å². The van der Waals surface area contributed by atoms with Gasteiger partial charge >= 0.3 is 5.88 Å². The molecule has 7 nitrogen and oxygen atoms in total. The van der Waals surface area contributed by atoms with E-state index in [-0.39, 0.29) is 17.6 Å². The molecular weight excluding hydrogens is 366 g/mol. The lowest BCUT2D eigenvalue weighted by Crippen LogP contribution is -2.21. The third-order valence-electron chi connectivity index (χ3n) is 3.19. The molecule has 0 N–H and O–H groups in total. The Balaban J connectivity index is 1.93. The summed E-state index contributed by atoms with van der Waals surface area (Å²) < 4.78 is 5.88. The zero-order chi connectivity index (χ0) is 16.6. The number of carbonyl (C=O) groups excluding carboxylic acids is 1. The second-order valence-electron chi connectivity index (χ2n) is 4.77. The number of hydrogen-bond acceptors (Lipinski definition) is 5. The molecule has 0 spiro atoms. The highest BCUT2D eigenvalue weighted by molar-refractivity contribution is 9.10. The minimum Gasteiger partial charge on any atom is -0.401 e. The predicted molar refractivity (Wildman–Crippen MR) is 88.1 cm³/mol. The highest BCUT2D eigenvalue weighted by Crippen LogP contribution is 2.27. The first kappa shape index (κ1) is 15.2. The standard InChI is InChI=1S/C15H10BrN3O4/c1-9-13(8-12-5-6-14(23-12)19(21)22)15(20)18(17-9)11-4-2-3-10(16)7-11/h2-8H,1H3. The van der Waals surface area contributed by atoms with Gasteiger partial charge < -0.3 is 4.42 Å². The van der Waals surface area contributed by atoms with E-state index in [0.717, 1.165) is 4.47 Å². The van der Waals surface area contributed by atoms with Crippen molar-refractivity contribution in [3.05, 3.63) is 62.3 Å². The topological polar surface area (TPSA) is 89.0 Å². The van der Waals surface area contributed by atoms with Crippen molar-refractivity contribution in [3.8, 4) is 0 Å². The third-order valence-corrected chi connectivity index (χ3v) is 3.69. The molecule has 8 heteroatoms. The van der Waals surface area contributed by atoms with E-state index in [4.69, 9.17) is 4.42 Å². The van der Waals surface area contributed by atoms with Crippen molar-refractivity contribution in [1.29, 1.82) is 0 Å². The Kier molecular flexibility index (Phi) is 3.83. The van der Waals surface area contributed by atoms with E-state index in [1.54, 1.807) is 25.1 Å². The fourth-order valence-corrected chi connectivity index (χ4v) is 2.51. The minimum absolute atomic E-state index is 0.227. The highest BCUT2D eigenvalue weighted by atomic mass is 79.9. The van der Waals surface area contributed by atoms with E-state index < -0.39 is 4.92 Å². The number of rotatable bonds is 3. The van der Waals surface area contributed by atoms with Crippen LogP contribution in [0.4, 0.5) is 11.6 Å². The number of carbonyl (C=O) groups is 1. The van der Waals surface area contributed by atoms with Crippen molar-refractivity contribution in [2.24, 2.45) is 5.10 Å². The quantitative estimate of drug-likeness (QED) is 0.464. The molecule has 0 atom stereocenters. The third kappa shape index (κ3) is 2.93. The van der Waals surface area contributed by atoms with Crippen LogP contribution in [0.1, 0.15) is 12.7 Å². The molecule has 0 bridgehead atoms. The average molecular weight is 376 g/mol. The molecule has 0 aliphatic carbocycles. The zero-order valence-electron chi connectivity index (χ0n) is 11.9. The molecule has 0 saturated heterocycles. The molecule has 0 fully saturated rings. The summed E-state index contributed by atoms with van der Waals surface area (Å²) in [6.45, 7) is 1.69. The van der Waals surface area contributed by atoms with Crippen LogP contribution in [0.3, 0.4) is 0 Å². The highest BCUT2D eigenvalue weighted by Gasteiger charge is 2.29. The summed E-state index contributed by atoms with van der Waals surface area (Å²) in [5.41, 5.74) is 1.46. The lowest BCUT2D eigenvalue weighted by atomic mass is 10.1. The Bertz CT molecular complexity index is 869. The summed E-state index contributed by atoms with van der Waals surface area (Å²) in [4.78, 5) is 22.5. The van der Waals surface area contributed by atoms with Crippen molar-refractivity contribution < 1.29 is 14.1 Å². The molecule has 1 aliphatic heterocycles. The van der Waals surface area contributed by atoms with Crippen molar-refractivity contribution in [3.63, 3.8) is 0 Å². The van der Waals surface area contributed by atoms with E-state index in [9.17, 15) is 14.9 Å². The first-order valence-electron chi connectivity index (χ1n) is 6.57. The van der Waals surface area contributed by atoms with E-state index >= 15 is 0 Å². The van der Waals surface area contributed by atoms with Gasteiger partial charge in [0, 0.05) is 4.47 Å². The minimum atomic E-state index is -0.632. The Morgan fingerprint density at radius 1 is 1.35 bits per heavy atom. The van der Waals surface area contributed by atoms with Gasteiger partial charge in [-0.15, -0.1) is 0 Å². The van der Waals surface area contributed by atoms with Crippen LogP contribution in [0.2, 0.25) is 0 Å². The molecule has 1 amide bonds. The zero-order valence-corrected chi connectivity index (χ0v) is 13.5. The molecule has 116 valence electrons. The monoisotopic (exact) mass is 375 g/mol. The van der Waals surface area contributed by atoms with Crippen molar-refractivity contribution in [2.45, 2.75) is 6.92 Å². The smallest absolute Gasteiger partial charge is 0.401 e. The number of nitrogens with zero attached hydrogens (tertiary/aromatic N) is 3. The van der Waals surface area contributed by atoms with Gasteiger partial charge in [-0.05, 0) is 37.3 Å². The molecule has 1 aromatic heterocycles. The van der Waals surface area contributed by atoms with Gasteiger partial charge in [0.15, 0.2) is 0 Å². The number of furan rings is 1. The number of amides is 1. The van der Waals surface area contributed by atoms with Crippen LogP contribution in [0.5, 0.6) is 0 Å².